The quantitative estimate of drug-likeness (QED) is 0.228. The predicted molar refractivity (Wildman–Crippen MR) is 135 cm³/mol. The van der Waals surface area contributed by atoms with Gasteiger partial charge in [0, 0.05) is 32.2 Å². The van der Waals surface area contributed by atoms with Crippen molar-refractivity contribution in [2.75, 3.05) is 33.5 Å². The number of aliphatic hydroxyl groups is 1. The van der Waals surface area contributed by atoms with Crippen molar-refractivity contribution >= 4 is 17.4 Å². The molecule has 0 radical (unpaired) electrons. The van der Waals surface area contributed by atoms with Gasteiger partial charge in [0.2, 0.25) is 0 Å². The summed E-state index contributed by atoms with van der Waals surface area (Å²) in [5.74, 6) is 0.287. The second kappa shape index (κ2) is 11.0. The number of ether oxygens (including phenoxy) is 4. The zero-order chi connectivity index (χ0) is 25.8. The Balaban J connectivity index is 1.82. The maximum absolute atomic E-state index is 13.3. The molecule has 1 N–H and O–H groups in total. The lowest BCUT2D eigenvalue weighted by atomic mass is 9.94. The molecule has 2 aliphatic heterocycles. The van der Waals surface area contributed by atoms with Crippen LogP contribution < -0.4 is 14.2 Å². The zero-order valence-electron chi connectivity index (χ0n) is 21.2. The minimum Gasteiger partial charge on any atom is -0.507 e. The highest BCUT2D eigenvalue weighted by molar-refractivity contribution is 6.46. The molecule has 0 aromatic heterocycles. The molecule has 2 aromatic carbocycles. The molecule has 2 heterocycles. The summed E-state index contributed by atoms with van der Waals surface area (Å²) in [6.07, 6.45) is 1.30. The first kappa shape index (κ1) is 25.6. The molecule has 2 aromatic rings. The number of rotatable bonds is 10. The number of fused-ring (bicyclic) bond motifs is 1. The standard InChI is InChI=1S/C28H33NO7/c1-5-34-22-11-8-18(16-23(22)35-6-2)25-24(27(31)28(32)29(25)12-7-13-33-4)26(30)19-9-10-21-20(15-19)14-17(3)36-21/h8-11,15-17,25,30H,5-7,12-14H2,1-4H3. The molecule has 0 aliphatic carbocycles. The van der Waals surface area contributed by atoms with Crippen molar-refractivity contribution in [3.05, 3.63) is 58.7 Å². The predicted octanol–water partition coefficient (Wildman–Crippen LogP) is 4.27. The highest BCUT2D eigenvalue weighted by Crippen LogP contribution is 2.43. The van der Waals surface area contributed by atoms with E-state index in [0.29, 0.717) is 61.8 Å². The minimum atomic E-state index is -0.778. The van der Waals surface area contributed by atoms with Crippen molar-refractivity contribution in [2.45, 2.75) is 45.8 Å². The largest absolute Gasteiger partial charge is 0.507 e. The monoisotopic (exact) mass is 495 g/mol. The molecule has 0 bridgehead atoms. The smallest absolute Gasteiger partial charge is 0.295 e. The van der Waals surface area contributed by atoms with E-state index in [4.69, 9.17) is 18.9 Å². The SMILES string of the molecule is CCOc1ccc(C2C(=C(O)c3ccc4c(c3)CC(C)O4)C(=O)C(=O)N2CCCOC)cc1OCC. The third-order valence-electron chi connectivity index (χ3n) is 6.34. The second-order valence-corrected chi connectivity index (χ2v) is 8.87. The van der Waals surface area contributed by atoms with Crippen LogP contribution in [-0.4, -0.2) is 61.3 Å². The van der Waals surface area contributed by atoms with Crippen molar-refractivity contribution in [1.29, 1.82) is 0 Å². The summed E-state index contributed by atoms with van der Waals surface area (Å²) in [7, 11) is 1.59. The summed E-state index contributed by atoms with van der Waals surface area (Å²) in [5, 5.41) is 11.4. The van der Waals surface area contributed by atoms with Crippen LogP contribution in [0.15, 0.2) is 42.0 Å². The van der Waals surface area contributed by atoms with Crippen LogP contribution in [0.2, 0.25) is 0 Å². The first-order valence-corrected chi connectivity index (χ1v) is 12.4. The second-order valence-electron chi connectivity index (χ2n) is 8.87. The number of likely N-dealkylation sites (tertiary alicyclic amines) is 1. The van der Waals surface area contributed by atoms with Gasteiger partial charge in [-0.3, -0.25) is 9.59 Å². The summed E-state index contributed by atoms with van der Waals surface area (Å²) >= 11 is 0. The van der Waals surface area contributed by atoms with Crippen LogP contribution in [0.4, 0.5) is 0 Å². The Kier molecular flexibility index (Phi) is 7.84. The van der Waals surface area contributed by atoms with Gasteiger partial charge < -0.3 is 29.0 Å². The number of hydrogen-bond donors (Lipinski definition) is 1. The van der Waals surface area contributed by atoms with Gasteiger partial charge in [-0.15, -0.1) is 0 Å². The van der Waals surface area contributed by atoms with Gasteiger partial charge in [-0.05, 0) is 68.7 Å². The number of hydrogen-bond acceptors (Lipinski definition) is 7. The summed E-state index contributed by atoms with van der Waals surface area (Å²) in [6.45, 7) is 7.36. The summed E-state index contributed by atoms with van der Waals surface area (Å²) in [5.41, 5.74) is 2.13. The highest BCUT2D eigenvalue weighted by Gasteiger charge is 2.46. The maximum atomic E-state index is 13.3. The molecule has 8 nitrogen and oxygen atoms in total. The number of benzene rings is 2. The number of aliphatic hydroxyl groups excluding tert-OH is 1. The molecule has 1 amide bonds. The third kappa shape index (κ3) is 4.91. The van der Waals surface area contributed by atoms with E-state index in [0.717, 1.165) is 11.3 Å². The highest BCUT2D eigenvalue weighted by atomic mass is 16.5. The zero-order valence-corrected chi connectivity index (χ0v) is 21.2. The Morgan fingerprint density at radius 1 is 1.08 bits per heavy atom. The van der Waals surface area contributed by atoms with Crippen LogP contribution in [0.5, 0.6) is 17.2 Å². The Labute approximate surface area is 211 Å². The number of carbonyl (C=O) groups excluding carboxylic acids is 2. The molecule has 0 spiro atoms. The van der Waals surface area contributed by atoms with Gasteiger partial charge in [0.05, 0.1) is 24.8 Å². The lowest BCUT2D eigenvalue weighted by Crippen LogP contribution is -2.31. The van der Waals surface area contributed by atoms with Gasteiger partial charge in [0.25, 0.3) is 11.7 Å². The molecule has 8 heteroatoms. The number of ketones is 1. The first-order valence-electron chi connectivity index (χ1n) is 12.4. The molecule has 4 rings (SSSR count). The van der Waals surface area contributed by atoms with E-state index in [1.54, 1.807) is 37.4 Å². The first-order chi connectivity index (χ1) is 17.4. The van der Waals surface area contributed by atoms with Crippen molar-refractivity contribution in [1.82, 2.24) is 4.90 Å². The van der Waals surface area contributed by atoms with Gasteiger partial charge in [0.15, 0.2) is 11.5 Å². The lowest BCUT2D eigenvalue weighted by Gasteiger charge is -2.26. The van der Waals surface area contributed by atoms with Crippen LogP contribution in [0.1, 0.15) is 49.9 Å². The van der Waals surface area contributed by atoms with Gasteiger partial charge in [0.1, 0.15) is 17.6 Å². The van der Waals surface area contributed by atoms with Crippen LogP contribution in [0, 0.1) is 0 Å². The van der Waals surface area contributed by atoms with Crippen LogP contribution in [-0.2, 0) is 20.7 Å². The van der Waals surface area contributed by atoms with E-state index in [2.05, 4.69) is 0 Å². The van der Waals surface area contributed by atoms with Gasteiger partial charge in [-0.2, -0.15) is 0 Å². The average Bonchev–Trinajstić information content (AvgIpc) is 3.36. The fourth-order valence-corrected chi connectivity index (χ4v) is 4.80. The van der Waals surface area contributed by atoms with Crippen molar-refractivity contribution in [3.63, 3.8) is 0 Å². The van der Waals surface area contributed by atoms with E-state index >= 15 is 0 Å². The molecular weight excluding hydrogens is 462 g/mol. The number of nitrogens with zero attached hydrogens (tertiary/aromatic N) is 1. The fourth-order valence-electron chi connectivity index (χ4n) is 4.80. The normalized spacial score (nSPS) is 20.4. The summed E-state index contributed by atoms with van der Waals surface area (Å²) in [4.78, 5) is 27.9. The number of Topliss-reactive ketones (excluding diaryl/α,β-unsaturated/α-hetero) is 1. The van der Waals surface area contributed by atoms with Gasteiger partial charge >= 0.3 is 0 Å². The van der Waals surface area contributed by atoms with Crippen molar-refractivity contribution in [2.24, 2.45) is 0 Å². The molecule has 1 saturated heterocycles. The van der Waals surface area contributed by atoms with E-state index in [1.807, 2.05) is 26.8 Å². The number of amides is 1. The van der Waals surface area contributed by atoms with E-state index in [1.165, 1.54) is 4.90 Å². The summed E-state index contributed by atoms with van der Waals surface area (Å²) < 4.78 is 22.4. The van der Waals surface area contributed by atoms with Crippen LogP contribution in [0.25, 0.3) is 5.76 Å². The number of carbonyl (C=O) groups is 2. The molecule has 1 fully saturated rings. The number of methoxy groups -OCH3 is 1. The van der Waals surface area contributed by atoms with E-state index in [9.17, 15) is 14.7 Å². The third-order valence-corrected chi connectivity index (χ3v) is 6.34. The molecule has 2 aliphatic rings. The maximum Gasteiger partial charge on any atom is 0.295 e. The Hall–Kier alpha value is -3.52. The van der Waals surface area contributed by atoms with Gasteiger partial charge in [-0.1, -0.05) is 6.07 Å². The Bertz CT molecular complexity index is 1170. The molecule has 2 atom stereocenters. The van der Waals surface area contributed by atoms with Crippen LogP contribution >= 0.6 is 0 Å². The lowest BCUT2D eigenvalue weighted by molar-refractivity contribution is -0.140. The van der Waals surface area contributed by atoms with E-state index < -0.39 is 17.7 Å². The molecule has 36 heavy (non-hydrogen) atoms. The Morgan fingerprint density at radius 2 is 1.83 bits per heavy atom. The van der Waals surface area contributed by atoms with E-state index in [-0.39, 0.29) is 17.4 Å². The minimum absolute atomic E-state index is 0.0459. The van der Waals surface area contributed by atoms with Gasteiger partial charge in [-0.25, -0.2) is 0 Å². The topological polar surface area (TPSA) is 94.5 Å². The van der Waals surface area contributed by atoms with Crippen molar-refractivity contribution in [3.8, 4) is 17.2 Å². The fraction of sp³-hybridized carbons (Fsp3) is 0.429. The molecular formula is C28H33NO7. The molecule has 192 valence electrons. The van der Waals surface area contributed by atoms with Crippen molar-refractivity contribution < 1.29 is 33.6 Å². The van der Waals surface area contributed by atoms with Crippen LogP contribution in [0.3, 0.4) is 0 Å². The average molecular weight is 496 g/mol. The molecule has 0 saturated carbocycles. The Morgan fingerprint density at radius 3 is 2.56 bits per heavy atom. The molecule has 2 unspecified atom stereocenters. The summed E-state index contributed by atoms with van der Waals surface area (Å²) in [6, 6.07) is 9.91.